The minimum atomic E-state index is -0.880. The zero-order chi connectivity index (χ0) is 15.3. The fourth-order valence-electron chi connectivity index (χ4n) is 2.83. The van der Waals surface area contributed by atoms with Crippen molar-refractivity contribution >= 4 is 17.6 Å². The molecule has 5 nitrogen and oxygen atoms in total. The highest BCUT2D eigenvalue weighted by Gasteiger charge is 2.42. The molecule has 1 saturated carbocycles. The molecule has 1 aromatic carbocycles. The minimum absolute atomic E-state index is 0.0372. The quantitative estimate of drug-likeness (QED) is 0.844. The van der Waals surface area contributed by atoms with E-state index in [1.54, 1.807) is 24.3 Å². The second kappa shape index (κ2) is 6.61. The van der Waals surface area contributed by atoms with E-state index in [2.05, 4.69) is 5.32 Å². The molecule has 1 fully saturated rings. The van der Waals surface area contributed by atoms with Crippen molar-refractivity contribution in [3.63, 3.8) is 0 Å². The smallest absolute Gasteiger partial charge is 0.310 e. The van der Waals surface area contributed by atoms with E-state index in [1.807, 2.05) is 6.92 Å². The summed E-state index contributed by atoms with van der Waals surface area (Å²) in [6.45, 7) is 2.50. The van der Waals surface area contributed by atoms with Gasteiger partial charge in [0, 0.05) is 12.1 Å². The Bertz CT molecular complexity index is 504. The van der Waals surface area contributed by atoms with Crippen LogP contribution < -0.4 is 10.1 Å². The monoisotopic (exact) mass is 291 g/mol. The molecular weight excluding hydrogens is 270 g/mol. The van der Waals surface area contributed by atoms with Crippen LogP contribution in [0.4, 0.5) is 5.69 Å². The summed E-state index contributed by atoms with van der Waals surface area (Å²) in [5.74, 6) is -0.362. The third-order valence-electron chi connectivity index (χ3n) is 3.96. The first-order valence-corrected chi connectivity index (χ1v) is 7.32. The van der Waals surface area contributed by atoms with Crippen molar-refractivity contribution in [2.45, 2.75) is 39.0 Å². The third-order valence-corrected chi connectivity index (χ3v) is 3.96. The lowest BCUT2D eigenvalue weighted by Gasteiger charge is -2.22. The summed E-state index contributed by atoms with van der Waals surface area (Å²) < 4.78 is 5.33. The lowest BCUT2D eigenvalue weighted by molar-refractivity contribution is -0.150. The summed E-state index contributed by atoms with van der Waals surface area (Å²) in [4.78, 5) is 23.5. The SMILES string of the molecule is CCOc1ccc(NC(=O)CC2(C(=O)O)CCCC2)cc1. The van der Waals surface area contributed by atoms with E-state index in [-0.39, 0.29) is 12.3 Å². The van der Waals surface area contributed by atoms with E-state index in [9.17, 15) is 14.7 Å². The molecule has 0 aromatic heterocycles. The largest absolute Gasteiger partial charge is 0.494 e. The Morgan fingerprint density at radius 2 is 1.86 bits per heavy atom. The first-order chi connectivity index (χ1) is 10.1. The number of ether oxygens (including phenoxy) is 1. The van der Waals surface area contributed by atoms with Gasteiger partial charge in [-0.1, -0.05) is 12.8 Å². The number of aliphatic carboxylic acids is 1. The zero-order valence-electron chi connectivity index (χ0n) is 12.2. The van der Waals surface area contributed by atoms with Gasteiger partial charge in [0.25, 0.3) is 0 Å². The third kappa shape index (κ3) is 3.74. The molecule has 5 heteroatoms. The van der Waals surface area contributed by atoms with Crippen LogP contribution in [0.3, 0.4) is 0 Å². The van der Waals surface area contributed by atoms with E-state index < -0.39 is 11.4 Å². The Hall–Kier alpha value is -2.04. The van der Waals surface area contributed by atoms with Crippen molar-refractivity contribution in [1.82, 2.24) is 0 Å². The van der Waals surface area contributed by atoms with Crippen molar-refractivity contribution < 1.29 is 19.4 Å². The summed E-state index contributed by atoms with van der Waals surface area (Å²) >= 11 is 0. The van der Waals surface area contributed by atoms with Gasteiger partial charge in [-0.2, -0.15) is 0 Å². The Morgan fingerprint density at radius 1 is 1.24 bits per heavy atom. The number of carboxylic acid groups (broad SMARTS) is 1. The van der Waals surface area contributed by atoms with Gasteiger partial charge in [0.15, 0.2) is 0 Å². The molecule has 2 rings (SSSR count). The molecule has 0 heterocycles. The molecule has 0 radical (unpaired) electrons. The molecule has 0 unspecified atom stereocenters. The maximum absolute atomic E-state index is 12.1. The summed E-state index contributed by atoms with van der Waals surface area (Å²) in [5.41, 5.74) is -0.225. The Balaban J connectivity index is 1.96. The molecule has 0 spiro atoms. The maximum Gasteiger partial charge on any atom is 0.310 e. The number of carboxylic acids is 1. The first-order valence-electron chi connectivity index (χ1n) is 7.32. The van der Waals surface area contributed by atoms with Crippen LogP contribution in [0.1, 0.15) is 39.0 Å². The second-order valence-electron chi connectivity index (χ2n) is 5.47. The highest BCUT2D eigenvalue weighted by atomic mass is 16.5. The molecule has 1 aliphatic carbocycles. The fourth-order valence-corrected chi connectivity index (χ4v) is 2.83. The van der Waals surface area contributed by atoms with Crippen molar-refractivity contribution in [3.8, 4) is 5.75 Å². The normalized spacial score (nSPS) is 16.4. The van der Waals surface area contributed by atoms with E-state index in [0.717, 1.165) is 18.6 Å². The standard InChI is InChI=1S/C16H21NO4/c1-2-21-13-7-5-12(6-8-13)17-14(18)11-16(15(19)20)9-3-4-10-16/h5-8H,2-4,9-11H2,1H3,(H,17,18)(H,19,20). The second-order valence-corrected chi connectivity index (χ2v) is 5.47. The van der Waals surface area contributed by atoms with Gasteiger partial charge in [0.05, 0.1) is 12.0 Å². The molecule has 1 aromatic rings. The van der Waals surface area contributed by atoms with Gasteiger partial charge >= 0.3 is 5.97 Å². The lowest BCUT2D eigenvalue weighted by Crippen LogP contribution is -2.32. The minimum Gasteiger partial charge on any atom is -0.494 e. The number of hydrogen-bond donors (Lipinski definition) is 2. The predicted octanol–water partition coefficient (Wildman–Crippen LogP) is 3.06. The Kier molecular flexibility index (Phi) is 4.83. The summed E-state index contributed by atoms with van der Waals surface area (Å²) in [7, 11) is 0. The number of amides is 1. The van der Waals surface area contributed by atoms with Crippen LogP contribution >= 0.6 is 0 Å². The number of benzene rings is 1. The molecular formula is C16H21NO4. The van der Waals surface area contributed by atoms with Gasteiger partial charge in [0.2, 0.25) is 5.91 Å². The van der Waals surface area contributed by atoms with E-state index in [1.165, 1.54) is 0 Å². The Morgan fingerprint density at radius 3 is 2.38 bits per heavy atom. The van der Waals surface area contributed by atoms with E-state index in [0.29, 0.717) is 25.1 Å². The summed E-state index contributed by atoms with van der Waals surface area (Å²) in [5, 5.41) is 12.1. The maximum atomic E-state index is 12.1. The molecule has 21 heavy (non-hydrogen) atoms. The van der Waals surface area contributed by atoms with E-state index >= 15 is 0 Å². The Labute approximate surface area is 124 Å². The van der Waals surface area contributed by atoms with Crippen molar-refractivity contribution in [1.29, 1.82) is 0 Å². The van der Waals surface area contributed by atoms with Crippen LogP contribution in [0.25, 0.3) is 0 Å². The first kappa shape index (κ1) is 15.4. The van der Waals surface area contributed by atoms with Gasteiger partial charge in [-0.05, 0) is 44.0 Å². The van der Waals surface area contributed by atoms with Crippen molar-refractivity contribution in [2.24, 2.45) is 5.41 Å². The molecule has 0 atom stereocenters. The van der Waals surface area contributed by atoms with E-state index in [4.69, 9.17) is 4.74 Å². The number of nitrogens with one attached hydrogen (secondary N) is 1. The molecule has 114 valence electrons. The number of anilines is 1. The van der Waals surface area contributed by atoms with Crippen LogP contribution in [0.5, 0.6) is 5.75 Å². The van der Waals surface area contributed by atoms with Crippen LogP contribution in [0, 0.1) is 5.41 Å². The number of rotatable bonds is 6. The van der Waals surface area contributed by atoms with Crippen molar-refractivity contribution in [3.05, 3.63) is 24.3 Å². The number of carbonyl (C=O) groups excluding carboxylic acids is 1. The number of carbonyl (C=O) groups is 2. The summed E-state index contributed by atoms with van der Waals surface area (Å²) in [6, 6.07) is 7.07. The highest BCUT2D eigenvalue weighted by molar-refractivity contribution is 5.94. The molecule has 1 aliphatic rings. The topological polar surface area (TPSA) is 75.6 Å². The molecule has 0 bridgehead atoms. The van der Waals surface area contributed by atoms with Crippen LogP contribution in [-0.4, -0.2) is 23.6 Å². The fraction of sp³-hybridized carbons (Fsp3) is 0.500. The van der Waals surface area contributed by atoms with Crippen LogP contribution in [-0.2, 0) is 9.59 Å². The van der Waals surface area contributed by atoms with Crippen LogP contribution in [0.15, 0.2) is 24.3 Å². The van der Waals surface area contributed by atoms with Gasteiger partial charge in [-0.3, -0.25) is 9.59 Å². The average Bonchev–Trinajstić information content (AvgIpc) is 2.91. The molecule has 0 aliphatic heterocycles. The molecule has 0 saturated heterocycles. The van der Waals surface area contributed by atoms with Gasteiger partial charge in [-0.25, -0.2) is 0 Å². The predicted molar refractivity (Wildman–Crippen MR) is 79.4 cm³/mol. The molecule has 1 amide bonds. The van der Waals surface area contributed by atoms with Crippen molar-refractivity contribution in [2.75, 3.05) is 11.9 Å². The average molecular weight is 291 g/mol. The van der Waals surface area contributed by atoms with Gasteiger partial charge in [0.1, 0.15) is 5.75 Å². The van der Waals surface area contributed by atoms with Gasteiger partial charge in [-0.15, -0.1) is 0 Å². The number of hydrogen-bond acceptors (Lipinski definition) is 3. The lowest BCUT2D eigenvalue weighted by atomic mass is 9.82. The van der Waals surface area contributed by atoms with Gasteiger partial charge < -0.3 is 15.2 Å². The molecule has 2 N–H and O–H groups in total. The summed E-state index contributed by atoms with van der Waals surface area (Å²) in [6.07, 6.45) is 2.96. The van der Waals surface area contributed by atoms with Crippen LogP contribution in [0.2, 0.25) is 0 Å². The zero-order valence-corrected chi connectivity index (χ0v) is 12.2. The highest BCUT2D eigenvalue weighted by Crippen LogP contribution is 2.41.